The smallest absolute Gasteiger partial charge is 0.504 e. The van der Waals surface area contributed by atoms with E-state index in [-0.39, 0.29) is 27.6 Å². The Morgan fingerprint density at radius 1 is 1.13 bits per heavy atom. The Kier molecular flexibility index (Phi) is 5.79. The van der Waals surface area contributed by atoms with Crippen LogP contribution < -0.4 is 4.74 Å². The molecule has 0 atom stereocenters. The van der Waals surface area contributed by atoms with Crippen LogP contribution in [0.2, 0.25) is 0 Å². The van der Waals surface area contributed by atoms with E-state index < -0.39 is 48.1 Å². The maximum absolute atomic E-state index is 12.6. The van der Waals surface area contributed by atoms with E-state index in [4.69, 9.17) is 5.11 Å². The lowest BCUT2D eigenvalue weighted by atomic mass is 9.97. The number of pyridine rings is 1. The Morgan fingerprint density at radius 3 is 2.48 bits per heavy atom. The summed E-state index contributed by atoms with van der Waals surface area (Å²) in [5.41, 5.74) is -0.111. The largest absolute Gasteiger partial charge is 0.573 e. The molecule has 31 heavy (non-hydrogen) atoms. The first-order valence-corrected chi connectivity index (χ1v) is 8.77. The molecular weight excluding hydrogens is 417 g/mol. The highest BCUT2D eigenvalue weighted by molar-refractivity contribution is 6.05. The molecule has 0 aliphatic heterocycles. The van der Waals surface area contributed by atoms with Crippen LogP contribution in [0.25, 0.3) is 22.0 Å². The molecule has 7 nitrogen and oxygen atoms in total. The van der Waals surface area contributed by atoms with Gasteiger partial charge in [0, 0.05) is 17.4 Å². The summed E-state index contributed by atoms with van der Waals surface area (Å²) in [5, 5.41) is 28.8. The lowest BCUT2D eigenvalue weighted by Crippen LogP contribution is -2.17. The Hall–Kier alpha value is -4.13. The molecule has 0 radical (unpaired) electrons. The van der Waals surface area contributed by atoms with Crippen LogP contribution in [0.3, 0.4) is 0 Å². The summed E-state index contributed by atoms with van der Waals surface area (Å²) >= 11 is 0. The highest BCUT2D eigenvalue weighted by Gasteiger charge is 2.31. The van der Waals surface area contributed by atoms with Crippen molar-refractivity contribution in [1.82, 2.24) is 4.98 Å². The van der Waals surface area contributed by atoms with Gasteiger partial charge in [0.2, 0.25) is 0 Å². The number of ether oxygens (including phenoxy) is 1. The average molecular weight is 430 g/mol. The van der Waals surface area contributed by atoms with Crippen LogP contribution in [0.15, 0.2) is 42.5 Å². The number of Topliss-reactive ketones (excluding diaryl/α,β-unsaturated/α-hetero) is 1. The van der Waals surface area contributed by atoms with Gasteiger partial charge < -0.3 is 14.9 Å². The summed E-state index contributed by atoms with van der Waals surface area (Å²) in [5.74, 6) is -3.17. The molecule has 2 N–H and O–H groups in total. The van der Waals surface area contributed by atoms with Crippen molar-refractivity contribution >= 4 is 22.7 Å². The van der Waals surface area contributed by atoms with Crippen molar-refractivity contribution in [3.05, 3.63) is 53.7 Å². The number of carboxylic acids is 1. The van der Waals surface area contributed by atoms with E-state index in [2.05, 4.69) is 9.72 Å². The molecule has 2 aromatic carbocycles. The zero-order chi connectivity index (χ0) is 22.8. The molecule has 158 valence electrons. The van der Waals surface area contributed by atoms with Crippen molar-refractivity contribution in [2.24, 2.45) is 0 Å². The van der Waals surface area contributed by atoms with E-state index in [1.807, 2.05) is 0 Å². The van der Waals surface area contributed by atoms with Crippen molar-refractivity contribution in [2.75, 3.05) is 0 Å². The first-order valence-electron chi connectivity index (χ1n) is 8.77. The van der Waals surface area contributed by atoms with E-state index in [9.17, 15) is 33.1 Å². The number of aromatic hydroxyl groups is 1. The van der Waals surface area contributed by atoms with Gasteiger partial charge in [0.15, 0.2) is 11.5 Å². The van der Waals surface area contributed by atoms with Crippen LogP contribution in [-0.2, 0) is 4.79 Å². The Bertz CT molecular complexity index is 1230. The van der Waals surface area contributed by atoms with Gasteiger partial charge in [-0.25, -0.2) is 4.98 Å². The van der Waals surface area contributed by atoms with Crippen molar-refractivity contribution in [3.8, 4) is 28.7 Å². The number of rotatable bonds is 6. The molecule has 0 amide bonds. The summed E-state index contributed by atoms with van der Waals surface area (Å²) in [7, 11) is 0. The minimum absolute atomic E-state index is 0.0830. The van der Waals surface area contributed by atoms with Gasteiger partial charge in [0.1, 0.15) is 23.1 Å². The van der Waals surface area contributed by atoms with Gasteiger partial charge >= 0.3 is 12.3 Å². The Labute approximate surface area is 172 Å². The van der Waals surface area contributed by atoms with Crippen molar-refractivity contribution in [2.45, 2.75) is 19.2 Å². The summed E-state index contributed by atoms with van der Waals surface area (Å²) < 4.78 is 41.6. The molecule has 1 heterocycles. The molecule has 3 aromatic rings. The number of para-hydroxylation sites is 1. The number of carbonyl (C=O) groups excluding carboxylic acids is 1. The van der Waals surface area contributed by atoms with Crippen LogP contribution in [-0.4, -0.2) is 33.3 Å². The molecule has 0 aliphatic carbocycles. The number of carboxylic acid groups (broad SMARTS) is 1. The highest BCUT2D eigenvalue weighted by Crippen LogP contribution is 2.36. The summed E-state index contributed by atoms with van der Waals surface area (Å²) in [6, 6.07) is 11.3. The third-order valence-electron chi connectivity index (χ3n) is 4.31. The molecule has 0 spiro atoms. The number of ketones is 1. The molecule has 0 unspecified atom stereocenters. The monoisotopic (exact) mass is 430 g/mol. The van der Waals surface area contributed by atoms with E-state index in [0.717, 1.165) is 12.1 Å². The molecule has 10 heteroatoms. The number of benzene rings is 2. The van der Waals surface area contributed by atoms with Gasteiger partial charge in [-0.1, -0.05) is 30.3 Å². The molecule has 0 saturated carbocycles. The van der Waals surface area contributed by atoms with Gasteiger partial charge in [0.05, 0.1) is 11.9 Å². The average Bonchev–Trinajstić information content (AvgIpc) is 2.70. The molecule has 0 saturated heterocycles. The van der Waals surface area contributed by atoms with Crippen LogP contribution in [0.1, 0.15) is 28.9 Å². The number of hydrogen-bond acceptors (Lipinski definition) is 6. The van der Waals surface area contributed by atoms with Gasteiger partial charge in [-0.15, -0.1) is 13.2 Å². The maximum Gasteiger partial charge on any atom is 0.573 e. The van der Waals surface area contributed by atoms with Crippen molar-refractivity contribution in [3.63, 3.8) is 0 Å². The first kappa shape index (κ1) is 21.6. The lowest BCUT2D eigenvalue weighted by Gasteiger charge is -2.13. The number of halogens is 3. The van der Waals surface area contributed by atoms with E-state index in [0.29, 0.717) is 0 Å². The van der Waals surface area contributed by atoms with Crippen LogP contribution >= 0.6 is 0 Å². The molecule has 0 aliphatic rings. The second kappa shape index (κ2) is 8.31. The summed E-state index contributed by atoms with van der Waals surface area (Å²) in [6.07, 6.45) is -5.85. The second-order valence-corrected chi connectivity index (χ2v) is 6.39. The topological polar surface area (TPSA) is 121 Å². The highest BCUT2D eigenvalue weighted by atomic mass is 19.4. The van der Waals surface area contributed by atoms with Crippen LogP contribution in [0.5, 0.6) is 11.5 Å². The minimum Gasteiger partial charge on any atom is -0.504 e. The quantitative estimate of drug-likeness (QED) is 0.555. The fraction of sp³-hybridized carbons (Fsp3) is 0.143. The number of carbonyl (C=O) groups is 2. The summed E-state index contributed by atoms with van der Waals surface area (Å²) in [6.45, 7) is 0. The molecular formula is C21H13F3N2O5. The van der Waals surface area contributed by atoms with Crippen LogP contribution in [0.4, 0.5) is 13.2 Å². The third kappa shape index (κ3) is 4.72. The molecule has 3 rings (SSSR count). The van der Waals surface area contributed by atoms with E-state index in [1.54, 1.807) is 6.07 Å². The zero-order valence-electron chi connectivity index (χ0n) is 15.6. The van der Waals surface area contributed by atoms with Gasteiger partial charge in [-0.3, -0.25) is 9.59 Å². The zero-order valence-corrected chi connectivity index (χ0v) is 15.6. The fourth-order valence-corrected chi connectivity index (χ4v) is 3.02. The molecule has 1 aromatic heterocycles. The fourth-order valence-electron chi connectivity index (χ4n) is 3.02. The number of alkyl halides is 3. The number of nitriles is 1. The van der Waals surface area contributed by atoms with Crippen molar-refractivity contribution in [1.29, 1.82) is 5.26 Å². The summed E-state index contributed by atoms with van der Waals surface area (Å²) in [4.78, 5) is 27.3. The normalized spacial score (nSPS) is 11.2. The Morgan fingerprint density at radius 2 is 1.84 bits per heavy atom. The SMILES string of the molecule is N#Cc1c(O)c(C(=O)CCC(=O)O)nc2c(-c3cccc(OC(F)(F)F)c3)cccc12. The second-order valence-electron chi connectivity index (χ2n) is 6.39. The predicted molar refractivity (Wildman–Crippen MR) is 101 cm³/mol. The number of aliphatic carboxylic acids is 1. The third-order valence-corrected chi connectivity index (χ3v) is 4.31. The predicted octanol–water partition coefficient (Wildman–Crippen LogP) is 4.43. The minimum atomic E-state index is -4.89. The number of hydrogen-bond donors (Lipinski definition) is 2. The first-order chi connectivity index (χ1) is 14.6. The Balaban J connectivity index is 2.19. The van der Waals surface area contributed by atoms with Gasteiger partial charge in [0.25, 0.3) is 0 Å². The number of nitrogens with zero attached hydrogens (tertiary/aromatic N) is 2. The molecule has 0 bridgehead atoms. The lowest BCUT2D eigenvalue weighted by molar-refractivity contribution is -0.274. The maximum atomic E-state index is 12.6. The standard InChI is InChI=1S/C21H13F3N2O5/c22-21(23,24)31-12-4-1-3-11(9-12)13-5-2-6-14-15(10-25)20(30)19(26-18(13)14)16(27)7-8-17(28)29/h1-6,9,30H,7-8H2,(H,28,29). The van der Waals surface area contributed by atoms with Crippen molar-refractivity contribution < 1.29 is 37.7 Å². The molecule has 0 fully saturated rings. The van der Waals surface area contributed by atoms with Gasteiger partial charge in [-0.2, -0.15) is 5.26 Å². The number of fused-ring (bicyclic) bond motifs is 1. The van der Waals surface area contributed by atoms with E-state index >= 15 is 0 Å². The van der Waals surface area contributed by atoms with Gasteiger partial charge in [-0.05, 0) is 17.7 Å². The van der Waals surface area contributed by atoms with Crippen LogP contribution in [0, 0.1) is 11.3 Å². The van der Waals surface area contributed by atoms with E-state index in [1.165, 1.54) is 30.3 Å². The number of aromatic nitrogens is 1.